The van der Waals surface area contributed by atoms with Gasteiger partial charge in [-0.3, -0.25) is 14.4 Å². The monoisotopic (exact) mass is 518 g/mol. The van der Waals surface area contributed by atoms with Gasteiger partial charge in [0.05, 0.1) is 5.69 Å². The van der Waals surface area contributed by atoms with Crippen LogP contribution in [-0.2, 0) is 0 Å². The Morgan fingerprint density at radius 3 is 2.49 bits per heavy atom. The van der Waals surface area contributed by atoms with Crippen LogP contribution in [0.3, 0.4) is 0 Å². The molecule has 0 fully saturated rings. The van der Waals surface area contributed by atoms with E-state index in [0.717, 1.165) is 4.57 Å². The SMILES string of the molecule is CN=Cc1cc(-c2nc3ccc(NCC(F)(F)F)nc3n(-c3ccc(OC(F)F)cc3)c2=O)ccc1N. The summed E-state index contributed by atoms with van der Waals surface area (Å²) in [4.78, 5) is 26.2. The molecule has 3 N–H and O–H groups in total. The highest BCUT2D eigenvalue weighted by atomic mass is 19.4. The number of hydrogen-bond acceptors (Lipinski definition) is 7. The van der Waals surface area contributed by atoms with Gasteiger partial charge in [-0.05, 0) is 48.5 Å². The molecule has 4 rings (SSSR count). The molecule has 0 amide bonds. The Morgan fingerprint density at radius 1 is 1.11 bits per heavy atom. The van der Waals surface area contributed by atoms with Crippen LogP contribution in [0.15, 0.2) is 64.4 Å². The van der Waals surface area contributed by atoms with Crippen LogP contribution in [0.4, 0.5) is 33.5 Å². The predicted octanol–water partition coefficient (Wildman–Crippen LogP) is 4.65. The largest absolute Gasteiger partial charge is 0.435 e. The average Bonchev–Trinajstić information content (AvgIpc) is 2.84. The number of anilines is 2. The molecule has 0 aliphatic carbocycles. The summed E-state index contributed by atoms with van der Waals surface area (Å²) in [6.45, 7) is -4.38. The summed E-state index contributed by atoms with van der Waals surface area (Å²) >= 11 is 0. The van der Waals surface area contributed by atoms with Gasteiger partial charge in [0, 0.05) is 30.1 Å². The number of nitrogen functional groups attached to an aromatic ring is 1. The number of aliphatic imine (C=N–C) groups is 1. The second-order valence-corrected chi connectivity index (χ2v) is 7.71. The molecule has 37 heavy (non-hydrogen) atoms. The number of benzene rings is 2. The average molecular weight is 518 g/mol. The van der Waals surface area contributed by atoms with Gasteiger partial charge in [-0.2, -0.15) is 22.0 Å². The van der Waals surface area contributed by atoms with E-state index in [0.29, 0.717) is 16.8 Å². The first kappa shape index (κ1) is 25.5. The number of ether oxygens (including phenoxy) is 1. The first-order chi connectivity index (χ1) is 17.6. The molecule has 0 bridgehead atoms. The molecule has 192 valence electrons. The van der Waals surface area contributed by atoms with Gasteiger partial charge in [0.25, 0.3) is 5.56 Å². The van der Waals surface area contributed by atoms with Crippen molar-refractivity contribution in [3.63, 3.8) is 0 Å². The molecule has 0 atom stereocenters. The van der Waals surface area contributed by atoms with Gasteiger partial charge in [-0.15, -0.1) is 0 Å². The Kier molecular flexibility index (Phi) is 7.05. The first-order valence-corrected chi connectivity index (χ1v) is 10.7. The van der Waals surface area contributed by atoms with E-state index < -0.39 is 24.9 Å². The second-order valence-electron chi connectivity index (χ2n) is 7.71. The first-order valence-electron chi connectivity index (χ1n) is 10.7. The van der Waals surface area contributed by atoms with Crippen molar-refractivity contribution in [2.75, 3.05) is 24.6 Å². The normalized spacial score (nSPS) is 12.0. The van der Waals surface area contributed by atoms with Crippen molar-refractivity contribution in [2.24, 2.45) is 4.99 Å². The maximum Gasteiger partial charge on any atom is 0.405 e. The molecule has 2 heterocycles. The standard InChI is InChI=1S/C24H19F5N6O2/c1-31-11-14-10-13(2-7-17(14)30)20-22(36)35(15-3-5-16(6-4-15)37-23(25)26)21-18(33-20)8-9-19(34-21)32-12-24(27,28)29/h2-11,23H,12,30H2,1H3,(H,32,34). The van der Waals surface area contributed by atoms with Gasteiger partial charge in [0.15, 0.2) is 5.65 Å². The van der Waals surface area contributed by atoms with E-state index in [9.17, 15) is 26.7 Å². The van der Waals surface area contributed by atoms with Gasteiger partial charge in [-0.1, -0.05) is 6.07 Å². The minimum absolute atomic E-state index is 0.00367. The van der Waals surface area contributed by atoms with E-state index in [4.69, 9.17) is 5.73 Å². The summed E-state index contributed by atoms with van der Waals surface area (Å²) in [6.07, 6.45) is -2.98. The number of nitrogens with two attached hydrogens (primary N) is 1. The molecular formula is C24H19F5N6O2. The maximum atomic E-state index is 13.7. The predicted molar refractivity (Wildman–Crippen MR) is 130 cm³/mol. The molecule has 2 aromatic carbocycles. The van der Waals surface area contributed by atoms with Crippen LogP contribution in [0.2, 0.25) is 0 Å². The van der Waals surface area contributed by atoms with E-state index in [1.807, 2.05) is 0 Å². The Bertz CT molecular complexity index is 1520. The zero-order valence-corrected chi connectivity index (χ0v) is 19.1. The molecule has 8 nitrogen and oxygen atoms in total. The lowest BCUT2D eigenvalue weighted by Crippen LogP contribution is -2.24. The van der Waals surface area contributed by atoms with Crippen molar-refractivity contribution >= 4 is 28.9 Å². The van der Waals surface area contributed by atoms with Crippen molar-refractivity contribution in [2.45, 2.75) is 12.8 Å². The number of nitrogens with one attached hydrogen (secondary N) is 1. The third-order valence-corrected chi connectivity index (χ3v) is 5.12. The highest BCUT2D eigenvalue weighted by Gasteiger charge is 2.27. The fourth-order valence-electron chi connectivity index (χ4n) is 3.53. The molecule has 0 saturated carbocycles. The number of hydrogen-bond donors (Lipinski definition) is 2. The highest BCUT2D eigenvalue weighted by Crippen LogP contribution is 2.25. The molecule has 0 radical (unpaired) electrons. The summed E-state index contributed by atoms with van der Waals surface area (Å²) in [5.41, 5.74) is 7.05. The van der Waals surface area contributed by atoms with Gasteiger partial charge >= 0.3 is 12.8 Å². The van der Waals surface area contributed by atoms with E-state index >= 15 is 0 Å². The number of alkyl halides is 5. The van der Waals surface area contributed by atoms with E-state index in [1.54, 1.807) is 25.2 Å². The van der Waals surface area contributed by atoms with Crippen LogP contribution in [0, 0.1) is 0 Å². The van der Waals surface area contributed by atoms with E-state index in [2.05, 4.69) is 25.0 Å². The molecule has 0 aliphatic rings. The second kappa shape index (κ2) is 10.2. The number of aromatic nitrogens is 3. The quantitative estimate of drug-likeness (QED) is 0.210. The van der Waals surface area contributed by atoms with Crippen molar-refractivity contribution < 1.29 is 26.7 Å². The smallest absolute Gasteiger partial charge is 0.405 e. The molecule has 0 saturated heterocycles. The van der Waals surface area contributed by atoms with Crippen molar-refractivity contribution in [1.82, 2.24) is 14.5 Å². The number of rotatable bonds is 7. The van der Waals surface area contributed by atoms with Crippen LogP contribution in [0.25, 0.3) is 28.1 Å². The van der Waals surface area contributed by atoms with Crippen molar-refractivity contribution in [3.05, 3.63) is 70.5 Å². The lowest BCUT2D eigenvalue weighted by molar-refractivity contribution is -0.115. The van der Waals surface area contributed by atoms with E-state index in [1.165, 1.54) is 42.6 Å². The molecule has 0 spiro atoms. The number of nitrogens with zero attached hydrogens (tertiary/aromatic N) is 4. The highest BCUT2D eigenvalue weighted by molar-refractivity contribution is 5.89. The summed E-state index contributed by atoms with van der Waals surface area (Å²) in [5.74, 6) is -0.285. The fourth-order valence-corrected chi connectivity index (χ4v) is 3.53. The van der Waals surface area contributed by atoms with Gasteiger partial charge < -0.3 is 15.8 Å². The van der Waals surface area contributed by atoms with Crippen molar-refractivity contribution in [1.29, 1.82) is 0 Å². The minimum atomic E-state index is -4.49. The zero-order valence-electron chi connectivity index (χ0n) is 19.1. The van der Waals surface area contributed by atoms with E-state index in [-0.39, 0.29) is 34.1 Å². The molecule has 4 aromatic rings. The number of pyridine rings is 1. The molecule has 13 heteroatoms. The number of fused-ring (bicyclic) bond motifs is 1. The molecular weight excluding hydrogens is 499 g/mol. The van der Waals surface area contributed by atoms with Crippen LogP contribution in [-0.4, -0.2) is 47.1 Å². The minimum Gasteiger partial charge on any atom is -0.435 e. The molecule has 0 aliphatic heterocycles. The Labute approximate surface area is 206 Å². The zero-order chi connectivity index (χ0) is 26.7. The lowest BCUT2D eigenvalue weighted by Gasteiger charge is -2.15. The molecule has 0 unspecified atom stereocenters. The van der Waals surface area contributed by atoms with Gasteiger partial charge in [0.2, 0.25) is 0 Å². The summed E-state index contributed by atoms with van der Waals surface area (Å²) in [6, 6.07) is 12.7. The molecule has 2 aromatic heterocycles. The Morgan fingerprint density at radius 2 is 1.84 bits per heavy atom. The maximum absolute atomic E-state index is 13.7. The van der Waals surface area contributed by atoms with Crippen molar-refractivity contribution in [3.8, 4) is 22.7 Å². The topological polar surface area (TPSA) is 107 Å². The Balaban J connectivity index is 1.93. The Hall–Kier alpha value is -4.55. The van der Waals surface area contributed by atoms with Gasteiger partial charge in [-0.25, -0.2) is 9.97 Å². The van der Waals surface area contributed by atoms with Crippen LogP contribution in [0.1, 0.15) is 5.56 Å². The lowest BCUT2D eigenvalue weighted by atomic mass is 10.1. The van der Waals surface area contributed by atoms with Crippen LogP contribution in [0.5, 0.6) is 5.75 Å². The summed E-state index contributed by atoms with van der Waals surface area (Å²) < 4.78 is 68.8. The van der Waals surface area contributed by atoms with Gasteiger partial charge in [0.1, 0.15) is 29.3 Å². The third-order valence-electron chi connectivity index (χ3n) is 5.12. The van der Waals surface area contributed by atoms with Crippen LogP contribution >= 0.6 is 0 Å². The number of halogens is 5. The van der Waals surface area contributed by atoms with Crippen LogP contribution < -0.4 is 21.3 Å². The summed E-state index contributed by atoms with van der Waals surface area (Å²) in [7, 11) is 1.56. The fraction of sp³-hybridized carbons (Fsp3) is 0.167. The summed E-state index contributed by atoms with van der Waals surface area (Å²) in [5, 5.41) is 2.17. The third kappa shape index (κ3) is 5.82.